The first-order valence-corrected chi connectivity index (χ1v) is 4.48. The van der Waals surface area contributed by atoms with Crippen LogP contribution in [0.1, 0.15) is 6.42 Å². The Hall–Kier alpha value is -1.23. The molecule has 5 nitrogen and oxygen atoms in total. The Labute approximate surface area is 80.0 Å². The number of carboxylic acid groups (broad SMARTS) is 1. The van der Waals surface area contributed by atoms with E-state index >= 15 is 0 Å². The Kier molecular flexibility index (Phi) is 2.11. The maximum atomic E-state index is 11.4. The Morgan fingerprint density at radius 3 is 2.29 bits per heavy atom. The van der Waals surface area contributed by atoms with Gasteiger partial charge in [-0.1, -0.05) is 0 Å². The van der Waals surface area contributed by atoms with Gasteiger partial charge < -0.3 is 9.84 Å². The molecule has 5 heteroatoms. The Morgan fingerprint density at radius 2 is 1.79 bits per heavy atom. The number of ether oxygens (including phenoxy) is 1. The van der Waals surface area contributed by atoms with Crippen molar-refractivity contribution in [2.24, 2.45) is 17.8 Å². The van der Waals surface area contributed by atoms with E-state index in [4.69, 9.17) is 9.84 Å². The Balaban J connectivity index is 1.86. The fourth-order valence-electron chi connectivity index (χ4n) is 2.07. The molecule has 0 spiro atoms. The molecule has 2 unspecified atom stereocenters. The first kappa shape index (κ1) is 9.33. The lowest BCUT2D eigenvalue weighted by molar-refractivity contribution is -0.150. The highest BCUT2D eigenvalue weighted by Crippen LogP contribution is 2.51. The maximum Gasteiger partial charge on any atom is 0.372 e. The molecule has 0 aromatic heterocycles. The molecule has 1 N–H and O–H groups in total. The standard InChI is InChI=1S/C9H10O5/c10-6(1-7(11)9(12)13)8-4-2-14-3-5(4)8/h4-5,8H,1-3H2,(H,12,13). The van der Waals surface area contributed by atoms with E-state index in [0.29, 0.717) is 13.2 Å². The first-order valence-electron chi connectivity index (χ1n) is 4.48. The monoisotopic (exact) mass is 198 g/mol. The number of carbonyl (C=O) groups is 3. The third-order valence-corrected chi connectivity index (χ3v) is 2.90. The number of aliphatic carboxylic acids is 1. The summed E-state index contributed by atoms with van der Waals surface area (Å²) >= 11 is 0. The minimum absolute atomic E-state index is 0.118. The molecule has 0 aromatic carbocycles. The zero-order chi connectivity index (χ0) is 10.3. The molecule has 2 aliphatic rings. The van der Waals surface area contributed by atoms with Crippen LogP contribution < -0.4 is 0 Å². The summed E-state index contributed by atoms with van der Waals surface area (Å²) < 4.78 is 5.09. The van der Waals surface area contributed by atoms with Gasteiger partial charge in [0.25, 0.3) is 0 Å². The van der Waals surface area contributed by atoms with Crippen molar-refractivity contribution in [2.45, 2.75) is 6.42 Å². The summed E-state index contributed by atoms with van der Waals surface area (Å²) in [6.07, 6.45) is -0.465. The molecule has 1 aliphatic carbocycles. The maximum absolute atomic E-state index is 11.4. The van der Waals surface area contributed by atoms with Crippen LogP contribution in [0.15, 0.2) is 0 Å². The van der Waals surface area contributed by atoms with Crippen molar-refractivity contribution in [1.82, 2.24) is 0 Å². The molecule has 0 aromatic rings. The van der Waals surface area contributed by atoms with Gasteiger partial charge in [-0.2, -0.15) is 0 Å². The molecule has 2 rings (SSSR count). The van der Waals surface area contributed by atoms with Crippen molar-refractivity contribution in [1.29, 1.82) is 0 Å². The van der Waals surface area contributed by atoms with E-state index in [2.05, 4.69) is 0 Å². The van der Waals surface area contributed by atoms with Crippen LogP contribution in [0.2, 0.25) is 0 Å². The van der Waals surface area contributed by atoms with Gasteiger partial charge in [0.05, 0.1) is 19.6 Å². The lowest BCUT2D eigenvalue weighted by Gasteiger charge is -2.01. The summed E-state index contributed by atoms with van der Waals surface area (Å²) in [5.41, 5.74) is 0. The van der Waals surface area contributed by atoms with Crippen molar-refractivity contribution in [3.05, 3.63) is 0 Å². The Morgan fingerprint density at radius 1 is 1.21 bits per heavy atom. The molecule has 0 radical (unpaired) electrons. The van der Waals surface area contributed by atoms with Gasteiger partial charge in [-0.05, 0) is 11.8 Å². The van der Waals surface area contributed by atoms with E-state index in [9.17, 15) is 14.4 Å². The van der Waals surface area contributed by atoms with Crippen molar-refractivity contribution >= 4 is 17.5 Å². The van der Waals surface area contributed by atoms with Gasteiger partial charge in [0, 0.05) is 5.92 Å². The second-order valence-corrected chi connectivity index (χ2v) is 3.76. The van der Waals surface area contributed by atoms with Gasteiger partial charge in [-0.15, -0.1) is 0 Å². The quantitative estimate of drug-likeness (QED) is 0.486. The van der Waals surface area contributed by atoms with E-state index in [1.165, 1.54) is 0 Å². The normalized spacial score (nSPS) is 33.6. The van der Waals surface area contributed by atoms with Crippen LogP contribution in [-0.2, 0) is 19.1 Å². The van der Waals surface area contributed by atoms with Gasteiger partial charge in [0.2, 0.25) is 5.78 Å². The minimum Gasteiger partial charge on any atom is -0.475 e. The predicted octanol–water partition coefficient (Wildman–Crippen LogP) is -0.508. The molecule has 2 atom stereocenters. The van der Waals surface area contributed by atoms with E-state index < -0.39 is 18.2 Å². The van der Waals surface area contributed by atoms with Crippen molar-refractivity contribution in [3.8, 4) is 0 Å². The van der Waals surface area contributed by atoms with Gasteiger partial charge in [-0.3, -0.25) is 9.59 Å². The molecule has 14 heavy (non-hydrogen) atoms. The lowest BCUT2D eigenvalue weighted by atomic mass is 10.1. The number of Topliss-reactive ketones (excluding diaryl/α,β-unsaturated/α-hetero) is 2. The zero-order valence-electron chi connectivity index (χ0n) is 7.43. The lowest BCUT2D eigenvalue weighted by Crippen LogP contribution is -2.20. The molecule has 76 valence electrons. The zero-order valence-corrected chi connectivity index (χ0v) is 7.43. The van der Waals surface area contributed by atoms with Crippen LogP contribution >= 0.6 is 0 Å². The summed E-state index contributed by atoms with van der Waals surface area (Å²) in [6, 6.07) is 0. The average Bonchev–Trinajstić information content (AvgIpc) is 2.61. The van der Waals surface area contributed by atoms with Crippen LogP contribution in [0.5, 0.6) is 0 Å². The second-order valence-electron chi connectivity index (χ2n) is 3.76. The van der Waals surface area contributed by atoms with Crippen molar-refractivity contribution in [2.75, 3.05) is 13.2 Å². The fraction of sp³-hybridized carbons (Fsp3) is 0.667. The molecule has 1 saturated heterocycles. The highest BCUT2D eigenvalue weighted by atomic mass is 16.5. The highest BCUT2D eigenvalue weighted by Gasteiger charge is 2.57. The molecule has 0 amide bonds. The molecule has 2 fully saturated rings. The fourth-order valence-corrected chi connectivity index (χ4v) is 2.07. The molecular weight excluding hydrogens is 188 g/mol. The number of hydrogen-bond acceptors (Lipinski definition) is 4. The minimum atomic E-state index is -1.53. The number of carboxylic acids is 1. The summed E-state index contributed by atoms with van der Waals surface area (Å²) in [5, 5.41) is 8.31. The topological polar surface area (TPSA) is 80.7 Å². The van der Waals surface area contributed by atoms with Crippen molar-refractivity contribution in [3.63, 3.8) is 0 Å². The molecular formula is C9H10O5. The number of carbonyl (C=O) groups excluding carboxylic acids is 2. The molecule has 1 saturated carbocycles. The average molecular weight is 198 g/mol. The summed E-state index contributed by atoms with van der Waals surface area (Å²) in [5.74, 6) is -2.42. The van der Waals surface area contributed by atoms with E-state index in [1.54, 1.807) is 0 Å². The SMILES string of the molecule is O=C(O)C(=O)CC(=O)C1C2COCC21. The molecule has 0 bridgehead atoms. The van der Waals surface area contributed by atoms with E-state index in [1.807, 2.05) is 0 Å². The van der Waals surface area contributed by atoms with E-state index in [0.717, 1.165) is 0 Å². The van der Waals surface area contributed by atoms with E-state index in [-0.39, 0.29) is 23.5 Å². The third-order valence-electron chi connectivity index (χ3n) is 2.90. The number of rotatable bonds is 4. The van der Waals surface area contributed by atoms with Gasteiger partial charge >= 0.3 is 5.97 Å². The summed E-state index contributed by atoms with van der Waals surface area (Å²) in [7, 11) is 0. The highest BCUT2D eigenvalue weighted by molar-refractivity contribution is 6.36. The molecule has 1 aliphatic heterocycles. The van der Waals surface area contributed by atoms with Crippen LogP contribution in [0.3, 0.4) is 0 Å². The van der Waals surface area contributed by atoms with Crippen LogP contribution in [0.25, 0.3) is 0 Å². The number of hydrogen-bond donors (Lipinski definition) is 1. The van der Waals surface area contributed by atoms with Crippen molar-refractivity contribution < 1.29 is 24.2 Å². The summed E-state index contributed by atoms with van der Waals surface area (Å²) in [4.78, 5) is 32.3. The number of ketones is 2. The van der Waals surface area contributed by atoms with Gasteiger partial charge in [0.1, 0.15) is 5.78 Å². The van der Waals surface area contributed by atoms with Gasteiger partial charge in [0.15, 0.2) is 0 Å². The smallest absolute Gasteiger partial charge is 0.372 e. The van der Waals surface area contributed by atoms with Gasteiger partial charge in [-0.25, -0.2) is 4.79 Å². The third kappa shape index (κ3) is 1.43. The predicted molar refractivity (Wildman–Crippen MR) is 43.6 cm³/mol. The van der Waals surface area contributed by atoms with Crippen LogP contribution in [0, 0.1) is 17.8 Å². The first-order chi connectivity index (χ1) is 6.61. The molecule has 1 heterocycles. The summed E-state index contributed by atoms with van der Waals surface area (Å²) in [6.45, 7) is 1.14. The van der Waals surface area contributed by atoms with Crippen LogP contribution in [-0.4, -0.2) is 35.9 Å². The second kappa shape index (κ2) is 3.16. The Bertz CT molecular complexity index is 298. The largest absolute Gasteiger partial charge is 0.475 e. The van der Waals surface area contributed by atoms with Crippen LogP contribution in [0.4, 0.5) is 0 Å². The number of fused-ring (bicyclic) bond motifs is 1.